The lowest BCUT2D eigenvalue weighted by atomic mass is 10.1. The molecule has 0 aliphatic rings. The topological polar surface area (TPSA) is 49.4 Å². The molecule has 0 radical (unpaired) electrons. The number of amides is 2. The summed E-state index contributed by atoms with van der Waals surface area (Å²) in [5, 5.41) is 2.99. The number of thioether (sulfide) groups is 1. The van der Waals surface area contributed by atoms with E-state index in [1.54, 1.807) is 11.8 Å². The molecule has 0 unspecified atom stereocenters. The number of carbonyl (C=O) groups is 2. The summed E-state index contributed by atoms with van der Waals surface area (Å²) in [6, 6.07) is 15.6. The minimum atomic E-state index is -0.555. The third-order valence-corrected chi connectivity index (χ3v) is 5.48. The van der Waals surface area contributed by atoms with E-state index in [1.165, 1.54) is 17.3 Å². The highest BCUT2D eigenvalue weighted by atomic mass is 32.2. The lowest BCUT2D eigenvalue weighted by Crippen LogP contribution is -2.52. The van der Waals surface area contributed by atoms with E-state index in [9.17, 15) is 9.59 Å². The van der Waals surface area contributed by atoms with Crippen LogP contribution >= 0.6 is 11.8 Å². The van der Waals surface area contributed by atoms with E-state index in [0.29, 0.717) is 12.3 Å². The average Bonchev–Trinajstić information content (AvgIpc) is 2.63. The van der Waals surface area contributed by atoms with Crippen LogP contribution in [0.25, 0.3) is 0 Å². The van der Waals surface area contributed by atoms with E-state index in [1.807, 2.05) is 77.1 Å². The Bertz CT molecular complexity index is 841. The molecule has 0 aliphatic heterocycles. The van der Waals surface area contributed by atoms with Crippen molar-refractivity contribution in [2.45, 2.75) is 64.6 Å². The summed E-state index contributed by atoms with van der Waals surface area (Å²) < 4.78 is 0. The van der Waals surface area contributed by atoms with Gasteiger partial charge >= 0.3 is 0 Å². The summed E-state index contributed by atoms with van der Waals surface area (Å²) in [6.45, 7) is 12.1. The number of hydrogen-bond acceptors (Lipinski definition) is 3. The zero-order valence-corrected chi connectivity index (χ0v) is 19.1. The van der Waals surface area contributed by atoms with Gasteiger partial charge in [-0.25, -0.2) is 0 Å². The minimum absolute atomic E-state index is 0.0476. The molecule has 0 fully saturated rings. The standard InChI is InChI=1S/C24H32N2O2S/c1-17-10-12-21(13-11-17)29-16-22(27)26(15-20-9-7-8-18(2)14-20)19(3)23(28)25-24(4,5)6/h7-14,19H,15-16H2,1-6H3,(H,25,28)/t19-/m0/s1. The Labute approximate surface area is 179 Å². The van der Waals surface area contributed by atoms with Crippen molar-refractivity contribution in [1.29, 1.82) is 0 Å². The lowest BCUT2D eigenvalue weighted by molar-refractivity contribution is -0.139. The predicted octanol–water partition coefficient (Wildman–Crippen LogP) is 4.73. The Kier molecular flexibility index (Phi) is 7.91. The molecule has 1 atom stereocenters. The van der Waals surface area contributed by atoms with Gasteiger partial charge in [-0.1, -0.05) is 47.5 Å². The van der Waals surface area contributed by atoms with Crippen LogP contribution in [0, 0.1) is 13.8 Å². The van der Waals surface area contributed by atoms with Gasteiger partial charge in [0, 0.05) is 17.0 Å². The second-order valence-corrected chi connectivity index (χ2v) is 9.58. The first-order valence-corrected chi connectivity index (χ1v) is 10.9. The smallest absolute Gasteiger partial charge is 0.242 e. The molecule has 29 heavy (non-hydrogen) atoms. The van der Waals surface area contributed by atoms with Gasteiger partial charge in [-0.15, -0.1) is 11.8 Å². The zero-order chi connectivity index (χ0) is 21.6. The van der Waals surface area contributed by atoms with Gasteiger partial charge in [0.2, 0.25) is 11.8 Å². The van der Waals surface area contributed by atoms with Gasteiger partial charge in [-0.05, 0) is 59.2 Å². The van der Waals surface area contributed by atoms with Crippen molar-refractivity contribution in [3.05, 3.63) is 65.2 Å². The molecule has 5 heteroatoms. The average molecular weight is 413 g/mol. The molecule has 1 N–H and O–H groups in total. The van der Waals surface area contributed by atoms with Crippen LogP contribution < -0.4 is 5.32 Å². The zero-order valence-electron chi connectivity index (χ0n) is 18.3. The maximum Gasteiger partial charge on any atom is 0.242 e. The number of hydrogen-bond donors (Lipinski definition) is 1. The summed E-state index contributed by atoms with van der Waals surface area (Å²) in [5.41, 5.74) is 3.00. The summed E-state index contributed by atoms with van der Waals surface area (Å²) >= 11 is 1.50. The molecule has 4 nitrogen and oxygen atoms in total. The van der Waals surface area contributed by atoms with E-state index in [0.717, 1.165) is 16.0 Å². The normalized spacial score (nSPS) is 12.3. The van der Waals surface area contributed by atoms with E-state index in [-0.39, 0.29) is 17.4 Å². The second kappa shape index (κ2) is 9.97. The Morgan fingerprint density at radius 1 is 1.03 bits per heavy atom. The third-order valence-electron chi connectivity index (χ3n) is 4.48. The molecule has 0 bridgehead atoms. The van der Waals surface area contributed by atoms with Gasteiger partial charge in [0.15, 0.2) is 0 Å². The van der Waals surface area contributed by atoms with Crippen molar-refractivity contribution in [2.75, 3.05) is 5.75 Å². The van der Waals surface area contributed by atoms with Gasteiger partial charge in [-0.3, -0.25) is 9.59 Å². The predicted molar refractivity (Wildman–Crippen MR) is 121 cm³/mol. The van der Waals surface area contributed by atoms with Crippen molar-refractivity contribution in [1.82, 2.24) is 10.2 Å². The molecular weight excluding hydrogens is 380 g/mol. The molecule has 0 saturated heterocycles. The third kappa shape index (κ3) is 7.58. The summed E-state index contributed by atoms with van der Waals surface area (Å²) in [5.74, 6) is 0.106. The van der Waals surface area contributed by atoms with Crippen LogP contribution in [0.5, 0.6) is 0 Å². The molecule has 0 aromatic heterocycles. The minimum Gasteiger partial charge on any atom is -0.350 e. The molecule has 0 heterocycles. The highest BCUT2D eigenvalue weighted by Gasteiger charge is 2.28. The highest BCUT2D eigenvalue weighted by Crippen LogP contribution is 2.20. The first-order chi connectivity index (χ1) is 13.5. The molecule has 156 valence electrons. The van der Waals surface area contributed by atoms with Crippen LogP contribution in [0.3, 0.4) is 0 Å². The van der Waals surface area contributed by atoms with Crippen LogP contribution in [0.1, 0.15) is 44.4 Å². The number of aryl methyl sites for hydroxylation is 2. The number of nitrogens with zero attached hydrogens (tertiary/aromatic N) is 1. The van der Waals surface area contributed by atoms with Gasteiger partial charge in [0.1, 0.15) is 6.04 Å². The molecule has 2 aromatic carbocycles. The monoisotopic (exact) mass is 412 g/mol. The van der Waals surface area contributed by atoms with E-state index >= 15 is 0 Å². The van der Waals surface area contributed by atoms with Gasteiger partial charge in [0.25, 0.3) is 0 Å². The van der Waals surface area contributed by atoms with Crippen LogP contribution in [0.2, 0.25) is 0 Å². The van der Waals surface area contributed by atoms with E-state index in [4.69, 9.17) is 0 Å². The first kappa shape index (κ1) is 23.0. The maximum absolute atomic E-state index is 13.1. The second-order valence-electron chi connectivity index (χ2n) is 8.53. The number of nitrogens with one attached hydrogen (secondary N) is 1. The Morgan fingerprint density at radius 3 is 2.28 bits per heavy atom. The summed E-state index contributed by atoms with van der Waals surface area (Å²) in [7, 11) is 0. The Balaban J connectivity index is 2.16. The van der Waals surface area contributed by atoms with Gasteiger partial charge in [0.05, 0.1) is 5.75 Å². The SMILES string of the molecule is Cc1ccc(SCC(=O)N(Cc2cccc(C)c2)[C@@H](C)C(=O)NC(C)(C)C)cc1. The van der Waals surface area contributed by atoms with Crippen molar-refractivity contribution < 1.29 is 9.59 Å². The highest BCUT2D eigenvalue weighted by molar-refractivity contribution is 8.00. The number of rotatable bonds is 7. The molecule has 0 saturated carbocycles. The van der Waals surface area contributed by atoms with Crippen LogP contribution in [0.4, 0.5) is 0 Å². The quantitative estimate of drug-likeness (QED) is 0.669. The molecule has 0 aliphatic carbocycles. The molecular formula is C24H32N2O2S. The van der Waals surface area contributed by atoms with Crippen LogP contribution in [-0.2, 0) is 16.1 Å². The van der Waals surface area contributed by atoms with Crippen molar-refractivity contribution in [3.8, 4) is 0 Å². The summed E-state index contributed by atoms with van der Waals surface area (Å²) in [6.07, 6.45) is 0. The number of carbonyl (C=O) groups excluding carboxylic acids is 2. The van der Waals surface area contributed by atoms with Gasteiger partial charge in [-0.2, -0.15) is 0 Å². The van der Waals surface area contributed by atoms with E-state index in [2.05, 4.69) is 11.4 Å². The van der Waals surface area contributed by atoms with Crippen LogP contribution in [-0.4, -0.2) is 34.0 Å². The maximum atomic E-state index is 13.1. The first-order valence-electron chi connectivity index (χ1n) is 9.91. The van der Waals surface area contributed by atoms with Crippen molar-refractivity contribution in [2.24, 2.45) is 0 Å². The fourth-order valence-corrected chi connectivity index (χ4v) is 3.71. The molecule has 0 spiro atoms. The van der Waals surface area contributed by atoms with Gasteiger partial charge < -0.3 is 10.2 Å². The summed E-state index contributed by atoms with van der Waals surface area (Å²) in [4.78, 5) is 28.6. The fraction of sp³-hybridized carbons (Fsp3) is 0.417. The van der Waals surface area contributed by atoms with Crippen molar-refractivity contribution >= 4 is 23.6 Å². The Hall–Kier alpha value is -2.27. The molecule has 2 rings (SSSR count). The van der Waals surface area contributed by atoms with Crippen molar-refractivity contribution in [3.63, 3.8) is 0 Å². The molecule has 2 amide bonds. The van der Waals surface area contributed by atoms with Crippen LogP contribution in [0.15, 0.2) is 53.4 Å². The largest absolute Gasteiger partial charge is 0.350 e. The Morgan fingerprint density at radius 2 is 1.69 bits per heavy atom. The fourth-order valence-electron chi connectivity index (χ4n) is 2.93. The molecule has 2 aromatic rings. The van der Waals surface area contributed by atoms with E-state index < -0.39 is 6.04 Å². The lowest BCUT2D eigenvalue weighted by Gasteiger charge is -2.31. The number of benzene rings is 2.